The van der Waals surface area contributed by atoms with Crippen molar-refractivity contribution in [3.8, 4) is 22.6 Å². The molecule has 0 aliphatic carbocycles. The summed E-state index contributed by atoms with van der Waals surface area (Å²) in [4.78, 5) is 19.9. The lowest BCUT2D eigenvalue weighted by molar-refractivity contribution is 0.0853. The topological polar surface area (TPSA) is 68.6 Å². The molecule has 2 aromatic heterocycles. The molecule has 0 amide bonds. The largest absolute Gasteiger partial charge is 0.493 e. The highest BCUT2D eigenvalue weighted by Gasteiger charge is 2.24. The summed E-state index contributed by atoms with van der Waals surface area (Å²) in [6.07, 6.45) is 12.3. The number of ether oxygens (including phenoxy) is 2. The van der Waals surface area contributed by atoms with Crippen LogP contribution in [0.25, 0.3) is 21.9 Å². The van der Waals surface area contributed by atoms with Gasteiger partial charge < -0.3 is 24.3 Å². The van der Waals surface area contributed by atoms with Crippen LogP contribution < -0.4 is 20.3 Å². The highest BCUT2D eigenvalue weighted by atomic mass is 16.5. The first kappa shape index (κ1) is 32.6. The summed E-state index contributed by atoms with van der Waals surface area (Å²) in [5.41, 5.74) is 2.02. The smallest absolute Gasteiger partial charge is 0.260 e. The summed E-state index contributed by atoms with van der Waals surface area (Å²) in [6, 6.07) is 8.05. The van der Waals surface area contributed by atoms with Crippen molar-refractivity contribution in [2.75, 3.05) is 39.8 Å². The van der Waals surface area contributed by atoms with Crippen LogP contribution in [-0.4, -0.2) is 60.4 Å². The molecule has 3 aromatic rings. The zero-order valence-corrected chi connectivity index (χ0v) is 26.2. The fourth-order valence-electron chi connectivity index (χ4n) is 5.71. The first-order valence-electron chi connectivity index (χ1n) is 15.9. The molecule has 7 nitrogen and oxygen atoms in total. The molecule has 5 rings (SSSR count). The quantitative estimate of drug-likeness (QED) is 0.309. The summed E-state index contributed by atoms with van der Waals surface area (Å²) in [5.74, 6) is 2.34. The summed E-state index contributed by atoms with van der Waals surface area (Å²) in [5, 5.41) is 5.02. The number of hydrogen-bond acceptors (Lipinski definition) is 6. The molecule has 0 spiro atoms. The molecule has 2 aliphatic heterocycles. The molecular formula is C34H52N4O3. The van der Waals surface area contributed by atoms with Gasteiger partial charge in [0.15, 0.2) is 11.5 Å². The first-order valence-corrected chi connectivity index (χ1v) is 15.9. The van der Waals surface area contributed by atoms with Crippen molar-refractivity contribution in [1.82, 2.24) is 19.8 Å². The van der Waals surface area contributed by atoms with E-state index in [4.69, 9.17) is 9.47 Å². The van der Waals surface area contributed by atoms with Crippen LogP contribution in [0, 0.1) is 5.92 Å². The molecule has 1 aromatic carbocycles. The number of hydrogen-bond donors (Lipinski definition) is 1. The highest BCUT2D eigenvalue weighted by Crippen LogP contribution is 2.36. The van der Waals surface area contributed by atoms with E-state index in [0.717, 1.165) is 85.8 Å². The van der Waals surface area contributed by atoms with Crippen molar-refractivity contribution < 1.29 is 9.47 Å². The summed E-state index contributed by atoms with van der Waals surface area (Å²) < 4.78 is 14.1. The highest BCUT2D eigenvalue weighted by molar-refractivity contribution is 5.95. The zero-order chi connectivity index (χ0) is 29.6. The molecule has 226 valence electrons. The third-order valence-corrected chi connectivity index (χ3v) is 7.92. The standard InChI is InChI=1S/C30H40N4O3.2C2H6/c1-3-4-15-34-21-27(25-9-14-32-19-26(25)30(34)35)23-5-6-28(29(18-23)36-2)37-24-10-16-33(17-11-24)20-22-7-12-31-13-8-22;2*1-2/h5-6,9,14,18-19,21-22,24,31H,3-4,7-8,10-13,15-17,20H2,1-2H3;2*1-2H3. The van der Waals surface area contributed by atoms with E-state index in [0.29, 0.717) is 11.9 Å². The minimum atomic E-state index is 0.0127. The Morgan fingerprint density at radius 3 is 2.39 bits per heavy atom. The number of benzene rings is 1. The number of piperidine rings is 2. The molecule has 2 aliphatic rings. The van der Waals surface area contributed by atoms with Crippen LogP contribution in [0.2, 0.25) is 0 Å². The molecule has 0 atom stereocenters. The number of nitrogens with one attached hydrogen (secondary N) is 1. The second kappa shape index (κ2) is 17.1. The van der Waals surface area contributed by atoms with Crippen molar-refractivity contribution in [1.29, 1.82) is 0 Å². The van der Waals surface area contributed by atoms with Gasteiger partial charge in [-0.25, -0.2) is 0 Å². The van der Waals surface area contributed by atoms with E-state index >= 15 is 0 Å². The van der Waals surface area contributed by atoms with Crippen molar-refractivity contribution in [3.63, 3.8) is 0 Å². The average Bonchev–Trinajstić information content (AvgIpc) is 3.04. The summed E-state index contributed by atoms with van der Waals surface area (Å²) in [6.45, 7) is 16.6. The van der Waals surface area contributed by atoms with E-state index in [9.17, 15) is 4.79 Å². The second-order valence-corrected chi connectivity index (χ2v) is 10.5. The van der Waals surface area contributed by atoms with Gasteiger partial charge in [0.05, 0.1) is 12.5 Å². The van der Waals surface area contributed by atoms with E-state index in [1.165, 1.54) is 19.4 Å². The number of likely N-dealkylation sites (tertiary alicyclic amines) is 1. The van der Waals surface area contributed by atoms with Gasteiger partial charge in [-0.1, -0.05) is 47.1 Å². The molecule has 0 radical (unpaired) electrons. The number of methoxy groups -OCH3 is 1. The molecular weight excluding hydrogens is 512 g/mol. The van der Waals surface area contributed by atoms with Gasteiger partial charge in [-0.15, -0.1) is 0 Å². The Morgan fingerprint density at radius 2 is 1.71 bits per heavy atom. The molecule has 0 unspecified atom stereocenters. The number of aromatic nitrogens is 2. The normalized spacial score (nSPS) is 16.3. The van der Waals surface area contributed by atoms with Crippen LogP contribution in [-0.2, 0) is 6.54 Å². The van der Waals surface area contributed by atoms with Crippen LogP contribution in [0.4, 0.5) is 0 Å². The minimum Gasteiger partial charge on any atom is -0.493 e. The monoisotopic (exact) mass is 564 g/mol. The van der Waals surface area contributed by atoms with Gasteiger partial charge in [0.25, 0.3) is 5.56 Å². The fraction of sp³-hybridized carbons (Fsp3) is 0.588. The van der Waals surface area contributed by atoms with Crippen LogP contribution in [0.3, 0.4) is 0 Å². The second-order valence-electron chi connectivity index (χ2n) is 10.5. The SMILES string of the molecule is CC.CC.CCCCn1cc(-c2ccc(OC3CCN(CC4CCNCC4)CC3)c(OC)c2)c2ccncc2c1=O. The maximum Gasteiger partial charge on any atom is 0.260 e. The van der Waals surface area contributed by atoms with Gasteiger partial charge in [-0.3, -0.25) is 9.78 Å². The Hall–Kier alpha value is -2.90. The maximum atomic E-state index is 13.0. The summed E-state index contributed by atoms with van der Waals surface area (Å²) in [7, 11) is 1.69. The molecule has 7 heteroatoms. The number of nitrogens with zero attached hydrogens (tertiary/aromatic N) is 3. The number of aryl methyl sites for hydroxylation is 1. The van der Waals surface area contributed by atoms with Crippen molar-refractivity contribution in [2.24, 2.45) is 5.92 Å². The molecule has 1 N–H and O–H groups in total. The van der Waals surface area contributed by atoms with Gasteiger partial charge in [0.1, 0.15) is 6.10 Å². The van der Waals surface area contributed by atoms with E-state index in [-0.39, 0.29) is 11.7 Å². The van der Waals surface area contributed by atoms with E-state index < -0.39 is 0 Å². The van der Waals surface area contributed by atoms with Crippen LogP contribution >= 0.6 is 0 Å². The molecule has 2 saturated heterocycles. The van der Waals surface area contributed by atoms with Gasteiger partial charge in [0, 0.05) is 50.3 Å². The number of rotatable bonds is 9. The lowest BCUT2D eigenvalue weighted by Gasteiger charge is -2.35. The predicted molar refractivity (Wildman–Crippen MR) is 171 cm³/mol. The fourth-order valence-corrected chi connectivity index (χ4v) is 5.71. The predicted octanol–water partition coefficient (Wildman–Crippen LogP) is 6.77. The Kier molecular flexibility index (Phi) is 13.6. The molecule has 2 fully saturated rings. The van der Waals surface area contributed by atoms with Gasteiger partial charge in [-0.2, -0.15) is 0 Å². The van der Waals surface area contributed by atoms with Gasteiger partial charge in [0.2, 0.25) is 0 Å². The molecule has 0 saturated carbocycles. The average molecular weight is 565 g/mol. The molecule has 4 heterocycles. The van der Waals surface area contributed by atoms with Crippen molar-refractivity contribution >= 4 is 10.8 Å². The van der Waals surface area contributed by atoms with Gasteiger partial charge in [-0.05, 0) is 80.3 Å². The van der Waals surface area contributed by atoms with E-state index in [2.05, 4.69) is 28.2 Å². The van der Waals surface area contributed by atoms with Crippen molar-refractivity contribution in [3.05, 3.63) is 53.2 Å². The Morgan fingerprint density at radius 1 is 0.976 bits per heavy atom. The third kappa shape index (κ3) is 8.55. The van der Waals surface area contributed by atoms with Crippen LogP contribution in [0.5, 0.6) is 11.5 Å². The molecule has 0 bridgehead atoms. The third-order valence-electron chi connectivity index (χ3n) is 7.92. The maximum absolute atomic E-state index is 13.0. The van der Waals surface area contributed by atoms with Crippen molar-refractivity contribution in [2.45, 2.75) is 85.8 Å². The van der Waals surface area contributed by atoms with Crippen LogP contribution in [0.1, 0.15) is 73.1 Å². The number of pyridine rings is 2. The minimum absolute atomic E-state index is 0.0127. The van der Waals surface area contributed by atoms with Crippen LogP contribution in [0.15, 0.2) is 47.7 Å². The lowest BCUT2D eigenvalue weighted by atomic mass is 9.96. The van der Waals surface area contributed by atoms with E-state index in [1.54, 1.807) is 19.5 Å². The Labute approximate surface area is 247 Å². The number of unbranched alkanes of at least 4 members (excludes halogenated alkanes) is 1. The summed E-state index contributed by atoms with van der Waals surface area (Å²) >= 11 is 0. The zero-order valence-electron chi connectivity index (χ0n) is 26.2. The van der Waals surface area contributed by atoms with E-state index in [1.807, 2.05) is 56.7 Å². The Bertz CT molecular complexity index is 1240. The molecule has 41 heavy (non-hydrogen) atoms. The number of fused-ring (bicyclic) bond motifs is 1. The lowest BCUT2D eigenvalue weighted by Crippen LogP contribution is -2.42. The first-order chi connectivity index (χ1) is 20.2. The Balaban J connectivity index is 0.00000111. The van der Waals surface area contributed by atoms with Gasteiger partial charge >= 0.3 is 0 Å².